The summed E-state index contributed by atoms with van der Waals surface area (Å²) in [7, 11) is -3.40. The Bertz CT molecular complexity index is 947. The third-order valence-corrected chi connectivity index (χ3v) is 6.54. The number of sulfone groups is 1. The van der Waals surface area contributed by atoms with Crippen molar-refractivity contribution in [1.29, 1.82) is 0 Å². The van der Waals surface area contributed by atoms with Gasteiger partial charge in [0.1, 0.15) is 5.82 Å². The molecule has 0 bridgehead atoms. The van der Waals surface area contributed by atoms with E-state index in [1.54, 1.807) is 18.2 Å². The van der Waals surface area contributed by atoms with Crippen molar-refractivity contribution in [2.45, 2.75) is 47.7 Å². The summed E-state index contributed by atoms with van der Waals surface area (Å²) < 4.78 is 25.9. The van der Waals surface area contributed by atoms with Crippen LogP contribution in [-0.4, -0.2) is 41.1 Å². The number of hydrogen-bond acceptors (Lipinski definition) is 6. The van der Waals surface area contributed by atoms with E-state index in [4.69, 9.17) is 0 Å². The molecule has 1 amide bonds. The van der Waals surface area contributed by atoms with E-state index in [1.165, 1.54) is 17.8 Å². The number of thioether (sulfide) groups is 1. The molecule has 1 aromatic carbocycles. The van der Waals surface area contributed by atoms with Gasteiger partial charge in [0.15, 0.2) is 15.0 Å². The van der Waals surface area contributed by atoms with Crippen LogP contribution in [0.4, 0.5) is 5.69 Å². The molecule has 2 aliphatic carbocycles. The predicted molar refractivity (Wildman–Crippen MR) is 99.2 cm³/mol. The average Bonchev–Trinajstić information content (AvgIpc) is 3.51. The molecule has 2 fully saturated rings. The molecule has 0 spiro atoms. The molecule has 0 radical (unpaired) electrons. The summed E-state index contributed by atoms with van der Waals surface area (Å²) in [6, 6.07) is 6.89. The lowest BCUT2D eigenvalue weighted by atomic mass is 10.3. The quantitative estimate of drug-likeness (QED) is 0.728. The summed E-state index contributed by atoms with van der Waals surface area (Å²) in [5.41, 5.74) is 0.308. The number of anilines is 1. The molecule has 1 N–H and O–H groups in total. The minimum absolute atomic E-state index is 0.121. The number of nitrogens with one attached hydrogen (secondary N) is 1. The predicted octanol–water partition coefficient (Wildman–Crippen LogP) is 2.62. The first-order valence-electron chi connectivity index (χ1n) is 8.60. The van der Waals surface area contributed by atoms with Crippen molar-refractivity contribution in [3.8, 4) is 0 Å². The summed E-state index contributed by atoms with van der Waals surface area (Å²) in [6.07, 6.45) is 5.74. The van der Waals surface area contributed by atoms with Crippen LogP contribution < -0.4 is 5.32 Å². The summed E-state index contributed by atoms with van der Waals surface area (Å²) in [5.74, 6) is 1.48. The second-order valence-electron chi connectivity index (χ2n) is 6.82. The van der Waals surface area contributed by atoms with Crippen molar-refractivity contribution in [3.05, 3.63) is 30.1 Å². The average molecular weight is 393 g/mol. The monoisotopic (exact) mass is 392 g/mol. The third-order valence-electron chi connectivity index (χ3n) is 4.44. The lowest BCUT2D eigenvalue weighted by Crippen LogP contribution is -2.16. The molecule has 2 saturated carbocycles. The Balaban J connectivity index is 1.44. The van der Waals surface area contributed by atoms with Gasteiger partial charge in [-0.3, -0.25) is 4.79 Å². The van der Waals surface area contributed by atoms with Gasteiger partial charge in [-0.1, -0.05) is 23.9 Å². The molecule has 7 nitrogen and oxygen atoms in total. The van der Waals surface area contributed by atoms with E-state index in [0.29, 0.717) is 17.6 Å². The first-order valence-corrected chi connectivity index (χ1v) is 11.5. The van der Waals surface area contributed by atoms with Gasteiger partial charge in [0.25, 0.3) is 0 Å². The van der Waals surface area contributed by atoms with Crippen LogP contribution in [-0.2, 0) is 14.6 Å². The number of amides is 1. The largest absolute Gasteiger partial charge is 0.324 e. The lowest BCUT2D eigenvalue weighted by Gasteiger charge is -2.10. The summed E-state index contributed by atoms with van der Waals surface area (Å²) in [4.78, 5) is 12.5. The van der Waals surface area contributed by atoms with Gasteiger partial charge in [-0.25, -0.2) is 8.42 Å². The zero-order chi connectivity index (χ0) is 18.3. The molecule has 26 heavy (non-hydrogen) atoms. The maximum Gasteiger partial charge on any atom is 0.234 e. The van der Waals surface area contributed by atoms with Crippen LogP contribution in [0, 0.1) is 0 Å². The van der Waals surface area contributed by atoms with E-state index in [1.807, 2.05) is 0 Å². The highest BCUT2D eigenvalue weighted by Gasteiger charge is 2.36. The number of carbonyl (C=O) groups is 1. The normalized spacial score (nSPS) is 17.3. The molecule has 4 rings (SSSR count). The fourth-order valence-electron chi connectivity index (χ4n) is 2.89. The minimum atomic E-state index is -3.40. The van der Waals surface area contributed by atoms with Gasteiger partial charge >= 0.3 is 0 Å². The van der Waals surface area contributed by atoms with E-state index >= 15 is 0 Å². The van der Waals surface area contributed by atoms with Crippen LogP contribution in [0.25, 0.3) is 0 Å². The number of nitrogens with zero attached hydrogens (tertiary/aromatic N) is 3. The van der Waals surface area contributed by atoms with E-state index in [2.05, 4.69) is 20.1 Å². The van der Waals surface area contributed by atoms with Crippen molar-refractivity contribution in [2.75, 3.05) is 17.3 Å². The SMILES string of the molecule is CS(=O)(=O)c1ccccc1NC(=O)CSc1nnc(C2CC2)n1C1CC1. The van der Waals surface area contributed by atoms with Gasteiger partial charge in [0.2, 0.25) is 5.91 Å². The fourth-order valence-corrected chi connectivity index (χ4v) is 4.55. The first kappa shape index (κ1) is 17.5. The van der Waals surface area contributed by atoms with Gasteiger partial charge in [-0.05, 0) is 37.8 Å². The second-order valence-corrected chi connectivity index (χ2v) is 9.75. The van der Waals surface area contributed by atoms with E-state index in [9.17, 15) is 13.2 Å². The lowest BCUT2D eigenvalue weighted by molar-refractivity contribution is -0.113. The number of benzene rings is 1. The Morgan fingerprint density at radius 2 is 1.96 bits per heavy atom. The topological polar surface area (TPSA) is 93.9 Å². The Hall–Kier alpha value is -1.87. The number of aromatic nitrogens is 3. The number of carbonyl (C=O) groups excluding carboxylic acids is 1. The zero-order valence-corrected chi connectivity index (χ0v) is 16.0. The van der Waals surface area contributed by atoms with Gasteiger partial charge in [-0.15, -0.1) is 10.2 Å². The van der Waals surface area contributed by atoms with E-state index in [0.717, 1.165) is 42.9 Å². The maximum atomic E-state index is 12.3. The van der Waals surface area contributed by atoms with Crippen molar-refractivity contribution in [2.24, 2.45) is 0 Å². The molecule has 0 atom stereocenters. The first-order chi connectivity index (χ1) is 12.4. The Labute approximate surface area is 156 Å². The highest BCUT2D eigenvalue weighted by Crippen LogP contribution is 2.45. The minimum Gasteiger partial charge on any atom is -0.324 e. The van der Waals surface area contributed by atoms with E-state index in [-0.39, 0.29) is 16.6 Å². The molecule has 0 aliphatic heterocycles. The van der Waals surface area contributed by atoms with Crippen LogP contribution in [0.2, 0.25) is 0 Å². The van der Waals surface area contributed by atoms with Crippen molar-refractivity contribution >= 4 is 33.2 Å². The van der Waals surface area contributed by atoms with Crippen LogP contribution in [0.15, 0.2) is 34.3 Å². The second kappa shape index (κ2) is 6.70. The van der Waals surface area contributed by atoms with Crippen LogP contribution in [0.5, 0.6) is 0 Å². The fraction of sp³-hybridized carbons (Fsp3) is 0.471. The molecule has 1 heterocycles. The highest BCUT2D eigenvalue weighted by atomic mass is 32.2. The smallest absolute Gasteiger partial charge is 0.234 e. The van der Waals surface area contributed by atoms with Crippen LogP contribution in [0.1, 0.15) is 43.5 Å². The van der Waals surface area contributed by atoms with Crippen molar-refractivity contribution in [3.63, 3.8) is 0 Å². The van der Waals surface area contributed by atoms with Crippen molar-refractivity contribution < 1.29 is 13.2 Å². The zero-order valence-electron chi connectivity index (χ0n) is 14.4. The van der Waals surface area contributed by atoms with Crippen LogP contribution >= 0.6 is 11.8 Å². The number of rotatable bonds is 7. The molecule has 1 aromatic heterocycles. The van der Waals surface area contributed by atoms with Gasteiger partial charge in [-0.2, -0.15) is 0 Å². The number of hydrogen-bond donors (Lipinski definition) is 1. The van der Waals surface area contributed by atoms with Gasteiger partial charge in [0.05, 0.1) is 16.3 Å². The number of para-hydroxylation sites is 1. The molecule has 138 valence electrons. The summed E-state index contributed by atoms with van der Waals surface area (Å²) in [5, 5.41) is 12.1. The molecule has 0 unspecified atom stereocenters. The molecule has 2 aromatic rings. The Morgan fingerprint density at radius 3 is 2.62 bits per heavy atom. The Morgan fingerprint density at radius 1 is 1.23 bits per heavy atom. The molecular formula is C17H20N4O3S2. The van der Waals surface area contributed by atoms with Crippen LogP contribution in [0.3, 0.4) is 0 Å². The summed E-state index contributed by atoms with van der Waals surface area (Å²) >= 11 is 1.35. The standard InChI is InChI=1S/C17H20N4O3S2/c1-26(23,24)14-5-3-2-4-13(14)18-15(22)10-25-17-20-19-16(11-6-7-11)21(17)12-8-9-12/h2-5,11-12H,6-10H2,1H3,(H,18,22). The highest BCUT2D eigenvalue weighted by molar-refractivity contribution is 7.99. The Kier molecular flexibility index (Phi) is 4.52. The maximum absolute atomic E-state index is 12.3. The molecule has 0 saturated heterocycles. The molecule has 2 aliphatic rings. The van der Waals surface area contributed by atoms with Crippen molar-refractivity contribution in [1.82, 2.24) is 14.8 Å². The third kappa shape index (κ3) is 3.78. The van der Waals surface area contributed by atoms with Gasteiger partial charge in [0, 0.05) is 18.2 Å². The van der Waals surface area contributed by atoms with E-state index < -0.39 is 9.84 Å². The summed E-state index contributed by atoms with van der Waals surface area (Å²) in [6.45, 7) is 0. The molecular weight excluding hydrogens is 372 g/mol. The molecule has 9 heteroatoms. The van der Waals surface area contributed by atoms with Gasteiger partial charge < -0.3 is 9.88 Å².